The van der Waals surface area contributed by atoms with Gasteiger partial charge in [-0.2, -0.15) is 0 Å². The van der Waals surface area contributed by atoms with Gasteiger partial charge in [0.25, 0.3) is 0 Å². The molecular formula is C17H13ClF2N2O. The Morgan fingerprint density at radius 2 is 1.74 bits per heavy atom. The molecule has 23 heavy (non-hydrogen) atoms. The first kappa shape index (κ1) is 15.6. The SMILES string of the molecule is OC(CNc1ccnc2c(F)ccc(F)c12)c1ccc(Cl)cc1. The zero-order chi connectivity index (χ0) is 16.4. The molecule has 1 unspecified atom stereocenters. The van der Waals surface area contributed by atoms with Gasteiger partial charge in [0.05, 0.1) is 11.5 Å². The van der Waals surface area contributed by atoms with Gasteiger partial charge in [0.2, 0.25) is 0 Å². The quantitative estimate of drug-likeness (QED) is 0.747. The Bertz CT molecular complexity index is 840. The van der Waals surface area contributed by atoms with Crippen molar-refractivity contribution in [3.8, 4) is 0 Å². The van der Waals surface area contributed by atoms with Gasteiger partial charge in [-0.05, 0) is 35.9 Å². The summed E-state index contributed by atoms with van der Waals surface area (Å²) in [6.45, 7) is 0.136. The van der Waals surface area contributed by atoms with Gasteiger partial charge in [0.1, 0.15) is 17.2 Å². The minimum absolute atomic E-state index is 0.0454. The first-order valence-corrected chi connectivity index (χ1v) is 7.34. The fraction of sp³-hybridized carbons (Fsp3) is 0.118. The number of anilines is 1. The first-order chi connectivity index (χ1) is 11.1. The second-order valence-corrected chi connectivity index (χ2v) is 5.50. The topological polar surface area (TPSA) is 45.1 Å². The summed E-state index contributed by atoms with van der Waals surface area (Å²) in [7, 11) is 0. The van der Waals surface area contributed by atoms with Crippen LogP contribution in [-0.2, 0) is 0 Å². The number of hydrogen-bond donors (Lipinski definition) is 2. The number of halogens is 3. The van der Waals surface area contributed by atoms with Gasteiger partial charge in [0, 0.05) is 23.5 Å². The fourth-order valence-corrected chi connectivity index (χ4v) is 2.48. The molecule has 3 rings (SSSR count). The summed E-state index contributed by atoms with van der Waals surface area (Å²) in [5.74, 6) is -1.17. The van der Waals surface area contributed by atoms with Gasteiger partial charge >= 0.3 is 0 Å². The molecule has 1 heterocycles. The smallest absolute Gasteiger partial charge is 0.149 e. The largest absolute Gasteiger partial charge is 0.387 e. The van der Waals surface area contributed by atoms with Crippen molar-refractivity contribution in [2.24, 2.45) is 0 Å². The van der Waals surface area contributed by atoms with E-state index in [1.54, 1.807) is 30.3 Å². The predicted octanol–water partition coefficient (Wildman–Crippen LogP) is 4.31. The van der Waals surface area contributed by atoms with E-state index in [-0.39, 0.29) is 17.4 Å². The molecular weight excluding hydrogens is 322 g/mol. The Balaban J connectivity index is 1.85. The molecule has 1 atom stereocenters. The maximum absolute atomic E-state index is 14.0. The van der Waals surface area contributed by atoms with Crippen LogP contribution in [0.15, 0.2) is 48.7 Å². The van der Waals surface area contributed by atoms with Crippen molar-refractivity contribution >= 4 is 28.2 Å². The van der Waals surface area contributed by atoms with Crippen molar-refractivity contribution in [3.63, 3.8) is 0 Å². The molecule has 2 aromatic carbocycles. The Morgan fingerprint density at radius 3 is 2.48 bits per heavy atom. The molecule has 0 saturated heterocycles. The highest BCUT2D eigenvalue weighted by molar-refractivity contribution is 6.30. The molecule has 6 heteroatoms. The van der Waals surface area contributed by atoms with E-state index < -0.39 is 17.7 Å². The van der Waals surface area contributed by atoms with Gasteiger partial charge in [-0.1, -0.05) is 23.7 Å². The summed E-state index contributed by atoms with van der Waals surface area (Å²) in [5, 5.41) is 13.8. The van der Waals surface area contributed by atoms with Gasteiger partial charge in [-0.3, -0.25) is 4.98 Å². The minimum atomic E-state index is -0.813. The molecule has 0 radical (unpaired) electrons. The fourth-order valence-electron chi connectivity index (χ4n) is 2.35. The monoisotopic (exact) mass is 334 g/mol. The van der Waals surface area contributed by atoms with Crippen molar-refractivity contribution < 1.29 is 13.9 Å². The summed E-state index contributed by atoms with van der Waals surface area (Å²) in [5.41, 5.74) is 1.00. The maximum atomic E-state index is 14.0. The number of aliphatic hydroxyl groups is 1. The summed E-state index contributed by atoms with van der Waals surface area (Å²) >= 11 is 5.81. The van der Waals surface area contributed by atoms with E-state index in [0.29, 0.717) is 16.3 Å². The second kappa shape index (κ2) is 6.48. The highest BCUT2D eigenvalue weighted by Gasteiger charge is 2.13. The Hall–Kier alpha value is -2.24. The maximum Gasteiger partial charge on any atom is 0.149 e. The molecule has 0 aliphatic carbocycles. The average molecular weight is 335 g/mol. The lowest BCUT2D eigenvalue weighted by molar-refractivity contribution is 0.191. The number of aromatic nitrogens is 1. The van der Waals surface area contributed by atoms with Crippen LogP contribution in [0.2, 0.25) is 5.02 Å². The van der Waals surface area contributed by atoms with Crippen LogP contribution in [-0.4, -0.2) is 16.6 Å². The van der Waals surface area contributed by atoms with E-state index >= 15 is 0 Å². The van der Waals surface area contributed by atoms with Gasteiger partial charge in [-0.25, -0.2) is 8.78 Å². The van der Waals surface area contributed by atoms with Crippen molar-refractivity contribution in [2.75, 3.05) is 11.9 Å². The van der Waals surface area contributed by atoms with Crippen LogP contribution in [0.4, 0.5) is 14.5 Å². The molecule has 0 amide bonds. The average Bonchev–Trinajstić information content (AvgIpc) is 2.56. The summed E-state index contributed by atoms with van der Waals surface area (Å²) < 4.78 is 27.7. The third kappa shape index (κ3) is 3.25. The van der Waals surface area contributed by atoms with Crippen LogP contribution >= 0.6 is 11.6 Å². The van der Waals surface area contributed by atoms with E-state index in [1.165, 1.54) is 6.20 Å². The molecule has 0 spiro atoms. The Kier molecular flexibility index (Phi) is 4.41. The number of nitrogens with zero attached hydrogens (tertiary/aromatic N) is 1. The minimum Gasteiger partial charge on any atom is -0.387 e. The van der Waals surface area contributed by atoms with Crippen LogP contribution in [0.5, 0.6) is 0 Å². The standard InChI is InChI=1S/C17H13ClF2N2O/c18-11-3-1-10(2-4-11)15(23)9-22-14-7-8-21-17-13(20)6-5-12(19)16(14)17/h1-8,15,23H,9H2,(H,21,22). The van der Waals surface area contributed by atoms with Crippen molar-refractivity contribution in [3.05, 3.63) is 70.9 Å². The summed E-state index contributed by atoms with van der Waals surface area (Å²) in [6, 6.07) is 10.4. The number of pyridine rings is 1. The molecule has 1 aromatic heterocycles. The zero-order valence-electron chi connectivity index (χ0n) is 11.9. The predicted molar refractivity (Wildman–Crippen MR) is 86.6 cm³/mol. The lowest BCUT2D eigenvalue weighted by Gasteiger charge is -2.15. The molecule has 0 aliphatic heterocycles. The molecule has 2 N–H and O–H groups in total. The van der Waals surface area contributed by atoms with Crippen molar-refractivity contribution in [1.29, 1.82) is 0 Å². The van der Waals surface area contributed by atoms with E-state index in [4.69, 9.17) is 11.6 Å². The molecule has 3 aromatic rings. The highest BCUT2D eigenvalue weighted by Crippen LogP contribution is 2.27. The van der Waals surface area contributed by atoms with Crippen LogP contribution in [0.1, 0.15) is 11.7 Å². The third-order valence-corrected chi connectivity index (χ3v) is 3.78. The van der Waals surface area contributed by atoms with Gasteiger partial charge in [-0.15, -0.1) is 0 Å². The van der Waals surface area contributed by atoms with E-state index in [9.17, 15) is 13.9 Å². The van der Waals surface area contributed by atoms with Crippen LogP contribution in [0, 0.1) is 11.6 Å². The van der Waals surface area contributed by atoms with Gasteiger partial charge < -0.3 is 10.4 Å². The van der Waals surface area contributed by atoms with E-state index in [0.717, 1.165) is 12.1 Å². The number of fused-ring (bicyclic) bond motifs is 1. The Morgan fingerprint density at radius 1 is 1.04 bits per heavy atom. The molecule has 118 valence electrons. The summed E-state index contributed by atoms with van der Waals surface area (Å²) in [6.07, 6.45) is 0.578. The lowest BCUT2D eigenvalue weighted by atomic mass is 10.1. The first-order valence-electron chi connectivity index (χ1n) is 6.96. The zero-order valence-corrected chi connectivity index (χ0v) is 12.7. The number of hydrogen-bond acceptors (Lipinski definition) is 3. The molecule has 0 fully saturated rings. The van der Waals surface area contributed by atoms with E-state index in [1.807, 2.05) is 0 Å². The van der Waals surface area contributed by atoms with Crippen LogP contribution in [0.3, 0.4) is 0 Å². The summed E-state index contributed by atoms with van der Waals surface area (Å²) in [4.78, 5) is 3.87. The van der Waals surface area contributed by atoms with Gasteiger partial charge in [0.15, 0.2) is 0 Å². The van der Waals surface area contributed by atoms with Crippen LogP contribution < -0.4 is 5.32 Å². The Labute approximate surface area is 136 Å². The normalized spacial score (nSPS) is 12.3. The molecule has 0 aliphatic rings. The number of benzene rings is 2. The van der Waals surface area contributed by atoms with E-state index in [2.05, 4.69) is 10.3 Å². The lowest BCUT2D eigenvalue weighted by Crippen LogP contribution is -2.12. The van der Waals surface area contributed by atoms with Crippen molar-refractivity contribution in [1.82, 2.24) is 4.98 Å². The highest BCUT2D eigenvalue weighted by atomic mass is 35.5. The third-order valence-electron chi connectivity index (χ3n) is 3.53. The second-order valence-electron chi connectivity index (χ2n) is 5.06. The number of rotatable bonds is 4. The molecule has 0 saturated carbocycles. The number of aliphatic hydroxyl groups excluding tert-OH is 1. The van der Waals surface area contributed by atoms with Crippen molar-refractivity contribution in [2.45, 2.75) is 6.10 Å². The van der Waals surface area contributed by atoms with Crippen LogP contribution in [0.25, 0.3) is 10.9 Å². The number of nitrogens with one attached hydrogen (secondary N) is 1. The molecule has 3 nitrogen and oxygen atoms in total. The molecule has 0 bridgehead atoms.